The van der Waals surface area contributed by atoms with Crippen LogP contribution in [0.15, 0.2) is 0 Å². The van der Waals surface area contributed by atoms with Crippen molar-refractivity contribution in [1.82, 2.24) is 0 Å². The number of nitrogens with zero attached hydrogens (tertiary/aromatic N) is 2. The summed E-state index contributed by atoms with van der Waals surface area (Å²) in [5.74, 6) is -0.241. The van der Waals surface area contributed by atoms with Gasteiger partial charge in [0.25, 0.3) is 0 Å². The molecular formula is C6H12N2O2Pd. The van der Waals surface area contributed by atoms with Crippen molar-refractivity contribution in [2.45, 2.75) is 13.8 Å². The molecule has 0 spiro atoms. The van der Waals surface area contributed by atoms with Crippen molar-refractivity contribution in [2.24, 2.45) is 0 Å². The topological polar surface area (TPSA) is 62.3 Å². The maximum atomic E-state index is 9.65. The van der Waals surface area contributed by atoms with E-state index >= 15 is 0 Å². The van der Waals surface area contributed by atoms with Gasteiger partial charge in [0.15, 0.2) is 0 Å². The van der Waals surface area contributed by atoms with Gasteiger partial charge >= 0.3 is 20.4 Å². The second kappa shape index (κ2) is 12.3. The molecule has 0 N–H and O–H groups in total. The van der Waals surface area contributed by atoms with Crippen molar-refractivity contribution in [3.05, 3.63) is 10.6 Å². The number of rotatable bonds is 0. The van der Waals surface area contributed by atoms with Crippen LogP contribution < -0.4 is 0 Å². The van der Waals surface area contributed by atoms with Crippen LogP contribution in [-0.2, 0) is 30.0 Å². The average Bonchev–Trinajstić information content (AvgIpc) is 1.89. The van der Waals surface area contributed by atoms with Gasteiger partial charge in [0.2, 0.25) is 0 Å². The van der Waals surface area contributed by atoms with Gasteiger partial charge in [0.05, 0.1) is 0 Å². The second-order valence-corrected chi connectivity index (χ2v) is 1.49. The van der Waals surface area contributed by atoms with Gasteiger partial charge in [-0.05, 0) is 13.8 Å². The van der Waals surface area contributed by atoms with Gasteiger partial charge in [0, 0.05) is 11.8 Å². The van der Waals surface area contributed by atoms with E-state index in [4.69, 9.17) is 0 Å². The van der Waals surface area contributed by atoms with Crippen LogP contribution in [0.3, 0.4) is 0 Å². The zero-order valence-electron chi connectivity index (χ0n) is 7.03. The van der Waals surface area contributed by atoms with Gasteiger partial charge in [-0.1, -0.05) is 0 Å². The van der Waals surface area contributed by atoms with Crippen molar-refractivity contribution in [3.8, 4) is 0 Å². The molecule has 0 rings (SSSR count). The summed E-state index contributed by atoms with van der Waals surface area (Å²) in [7, 11) is 2.95. The van der Waals surface area contributed by atoms with Crippen molar-refractivity contribution in [3.63, 3.8) is 0 Å². The molecule has 5 heteroatoms. The molecule has 0 saturated heterocycles. The molecule has 0 fully saturated rings. The van der Waals surface area contributed by atoms with E-state index in [0.717, 1.165) is 0 Å². The summed E-state index contributed by atoms with van der Waals surface area (Å²) in [6.07, 6.45) is 0. The first-order valence-electron chi connectivity index (χ1n) is 2.75. The van der Waals surface area contributed by atoms with E-state index < -0.39 is 0 Å². The molecule has 0 saturated carbocycles. The third-order valence-corrected chi connectivity index (χ3v) is 0.630. The maximum Gasteiger partial charge on any atom is 2.00 e. The van der Waals surface area contributed by atoms with Crippen LogP contribution in [0.25, 0.3) is 10.6 Å². The van der Waals surface area contributed by atoms with Gasteiger partial charge in [0.1, 0.15) is 0 Å². The second-order valence-electron chi connectivity index (χ2n) is 1.49. The monoisotopic (exact) mass is 250 g/mol. The van der Waals surface area contributed by atoms with Gasteiger partial charge in [-0.2, -0.15) is 0 Å². The van der Waals surface area contributed by atoms with Gasteiger partial charge in [-0.3, -0.25) is 0 Å². The van der Waals surface area contributed by atoms with E-state index in [0.29, 0.717) is 0 Å². The zero-order valence-corrected chi connectivity index (χ0v) is 8.58. The molecule has 0 unspecified atom stereocenters. The van der Waals surface area contributed by atoms with E-state index in [1.807, 2.05) is 0 Å². The number of hydrogen-bond donors (Lipinski definition) is 0. The van der Waals surface area contributed by atoms with E-state index in [2.05, 4.69) is 10.6 Å². The predicted octanol–water partition coefficient (Wildman–Crippen LogP) is 1.07. The van der Waals surface area contributed by atoms with Crippen LogP contribution in [-0.4, -0.2) is 25.9 Å². The van der Waals surface area contributed by atoms with Gasteiger partial charge < -0.3 is 20.2 Å². The Bertz CT molecular complexity index is 103. The molecule has 0 atom stereocenters. The molecule has 68 valence electrons. The van der Waals surface area contributed by atoms with Crippen LogP contribution in [0.1, 0.15) is 13.8 Å². The molecule has 2 amide bonds. The van der Waals surface area contributed by atoms with Crippen molar-refractivity contribution in [1.29, 1.82) is 0 Å². The smallest absolute Gasteiger partial charge is 0.656 e. The maximum absolute atomic E-state index is 9.65. The summed E-state index contributed by atoms with van der Waals surface area (Å²) in [6.45, 7) is 2.83. The average molecular weight is 251 g/mol. The van der Waals surface area contributed by atoms with Crippen molar-refractivity contribution < 1.29 is 30.0 Å². The third kappa shape index (κ3) is 42.8. The van der Waals surface area contributed by atoms with Crippen LogP contribution in [0.2, 0.25) is 0 Å². The fourth-order valence-corrected chi connectivity index (χ4v) is 0. The summed E-state index contributed by atoms with van der Waals surface area (Å²) >= 11 is 0. The summed E-state index contributed by atoms with van der Waals surface area (Å²) < 4.78 is 0. The summed E-state index contributed by atoms with van der Waals surface area (Å²) in [5.41, 5.74) is 0. The summed E-state index contributed by atoms with van der Waals surface area (Å²) in [6, 6.07) is 0. The molecular weight excluding hydrogens is 238 g/mol. The Morgan fingerprint density at radius 3 is 1.00 bits per heavy atom. The Kier molecular flexibility index (Phi) is 18.9. The molecule has 4 nitrogen and oxygen atoms in total. The fourth-order valence-electron chi connectivity index (χ4n) is 0. The minimum Gasteiger partial charge on any atom is -0.656 e. The number of hydrogen-bond acceptors (Lipinski definition) is 2. The largest absolute Gasteiger partial charge is 2.00 e. The van der Waals surface area contributed by atoms with E-state index in [1.54, 1.807) is 0 Å². The first-order chi connectivity index (χ1) is 4.54. The van der Waals surface area contributed by atoms with E-state index in [9.17, 15) is 9.59 Å². The Labute approximate surface area is 80.8 Å². The first kappa shape index (κ1) is 16.9. The third-order valence-electron chi connectivity index (χ3n) is 0.630. The van der Waals surface area contributed by atoms with Gasteiger partial charge in [-0.15, -0.1) is 14.1 Å². The van der Waals surface area contributed by atoms with E-state index in [1.165, 1.54) is 27.9 Å². The van der Waals surface area contributed by atoms with E-state index in [-0.39, 0.29) is 32.2 Å². The van der Waals surface area contributed by atoms with Crippen LogP contribution in [0.5, 0.6) is 0 Å². The minimum atomic E-state index is -0.120. The Hall–Kier alpha value is -0.398. The molecule has 0 aromatic rings. The minimum absolute atomic E-state index is 0. The Morgan fingerprint density at radius 2 is 1.00 bits per heavy atom. The van der Waals surface area contributed by atoms with Crippen LogP contribution >= 0.6 is 0 Å². The summed E-state index contributed by atoms with van der Waals surface area (Å²) in [5, 5.41) is 6.50. The van der Waals surface area contributed by atoms with Crippen LogP contribution in [0.4, 0.5) is 0 Å². The first-order valence-corrected chi connectivity index (χ1v) is 2.75. The number of carbonyl (C=O) groups excluding carboxylic acids is 2. The molecule has 0 heterocycles. The molecule has 0 aliphatic heterocycles. The molecule has 0 aromatic heterocycles. The predicted molar refractivity (Wildman–Crippen MR) is 39.9 cm³/mol. The molecule has 0 aromatic carbocycles. The number of amides is 2. The van der Waals surface area contributed by atoms with Crippen LogP contribution in [0, 0.1) is 0 Å². The molecule has 11 heavy (non-hydrogen) atoms. The van der Waals surface area contributed by atoms with Gasteiger partial charge in [-0.25, -0.2) is 0 Å². The molecule has 0 bridgehead atoms. The quantitative estimate of drug-likeness (QED) is 0.604. The Balaban J connectivity index is -0.000000107. The Morgan fingerprint density at radius 1 is 0.909 bits per heavy atom. The fraction of sp³-hybridized carbons (Fsp3) is 0.667. The normalized spacial score (nSPS) is 6.18. The summed E-state index contributed by atoms with van der Waals surface area (Å²) in [4.78, 5) is 19.3. The zero-order chi connectivity index (χ0) is 8.57. The van der Waals surface area contributed by atoms with Crippen molar-refractivity contribution >= 4 is 11.8 Å². The SMILES string of the molecule is C[N-]C(C)=O.C[N-]C(C)=O.[Pd+2]. The standard InChI is InChI=1S/2C3H7NO.Pd/c2*1-3(5)4-2;/h2*1-2H3,(H,4,5);/q;;+2/p-2. The molecule has 0 aliphatic carbocycles. The molecule has 0 aliphatic rings. The van der Waals surface area contributed by atoms with Crippen molar-refractivity contribution in [2.75, 3.05) is 14.1 Å². The molecule has 0 radical (unpaired) electrons. The number of carbonyl (C=O) groups is 2.